The Hall–Kier alpha value is -2.64. The van der Waals surface area contributed by atoms with Gasteiger partial charge in [-0.2, -0.15) is 0 Å². The van der Waals surface area contributed by atoms with E-state index in [1.807, 2.05) is 4.98 Å². The minimum atomic E-state index is -0.724. The molecule has 0 aliphatic carbocycles. The Kier molecular flexibility index (Phi) is 3.09. The molecule has 1 amide bonds. The zero-order valence-corrected chi connectivity index (χ0v) is 9.48. The Morgan fingerprint density at radius 1 is 1.39 bits per heavy atom. The number of rotatable bonds is 3. The van der Waals surface area contributed by atoms with Gasteiger partial charge >= 0.3 is 5.69 Å². The predicted molar refractivity (Wildman–Crippen MR) is 62.2 cm³/mol. The topological polar surface area (TPSA) is 124 Å². The van der Waals surface area contributed by atoms with Crippen LogP contribution in [0.4, 0.5) is 0 Å². The van der Waals surface area contributed by atoms with Gasteiger partial charge in [-0.15, -0.1) is 0 Å². The average molecular weight is 249 g/mol. The standard InChI is InChI=1S/C10H11N5O3/c1-5(8-11-2-3-12-8)13-9(17)6-4-7(16)15-10(18)14-6/h2-5H,1H3,(H,11,12)(H,13,17)(H2,14,15,16,18). The fourth-order valence-electron chi connectivity index (χ4n) is 1.45. The minimum absolute atomic E-state index is 0.0952. The van der Waals surface area contributed by atoms with E-state index in [1.165, 1.54) is 0 Å². The number of hydrogen-bond donors (Lipinski definition) is 4. The molecule has 94 valence electrons. The van der Waals surface area contributed by atoms with Crippen LogP contribution in [0.15, 0.2) is 28.0 Å². The van der Waals surface area contributed by atoms with Gasteiger partial charge < -0.3 is 15.3 Å². The lowest BCUT2D eigenvalue weighted by molar-refractivity contribution is 0.0932. The molecule has 8 heteroatoms. The molecule has 0 saturated heterocycles. The Labute approximate surface area is 100 Å². The first-order valence-electron chi connectivity index (χ1n) is 5.20. The lowest BCUT2D eigenvalue weighted by Gasteiger charge is -2.10. The van der Waals surface area contributed by atoms with Crippen molar-refractivity contribution in [1.82, 2.24) is 25.3 Å². The summed E-state index contributed by atoms with van der Waals surface area (Å²) in [4.78, 5) is 44.9. The van der Waals surface area contributed by atoms with E-state index in [0.29, 0.717) is 5.82 Å². The van der Waals surface area contributed by atoms with E-state index >= 15 is 0 Å². The summed E-state index contributed by atoms with van der Waals surface area (Å²) in [5.41, 5.74) is -1.45. The number of nitrogens with zero attached hydrogens (tertiary/aromatic N) is 1. The van der Waals surface area contributed by atoms with Crippen molar-refractivity contribution in [3.8, 4) is 0 Å². The summed E-state index contributed by atoms with van der Waals surface area (Å²) in [6.45, 7) is 1.72. The van der Waals surface area contributed by atoms with Gasteiger partial charge in [0.15, 0.2) is 0 Å². The van der Waals surface area contributed by atoms with Crippen molar-refractivity contribution in [2.45, 2.75) is 13.0 Å². The van der Waals surface area contributed by atoms with Crippen LogP contribution in [-0.2, 0) is 0 Å². The van der Waals surface area contributed by atoms with Gasteiger partial charge in [0.1, 0.15) is 11.5 Å². The highest BCUT2D eigenvalue weighted by molar-refractivity contribution is 5.92. The van der Waals surface area contributed by atoms with E-state index in [9.17, 15) is 14.4 Å². The zero-order valence-electron chi connectivity index (χ0n) is 9.48. The molecule has 18 heavy (non-hydrogen) atoms. The van der Waals surface area contributed by atoms with Crippen molar-refractivity contribution in [2.75, 3.05) is 0 Å². The Balaban J connectivity index is 2.17. The summed E-state index contributed by atoms with van der Waals surface area (Å²) in [7, 11) is 0. The van der Waals surface area contributed by atoms with Crippen LogP contribution in [-0.4, -0.2) is 25.8 Å². The largest absolute Gasteiger partial charge is 0.347 e. The summed E-state index contributed by atoms with van der Waals surface area (Å²) in [6.07, 6.45) is 3.19. The molecule has 2 aromatic rings. The lowest BCUT2D eigenvalue weighted by atomic mass is 10.3. The number of carbonyl (C=O) groups excluding carboxylic acids is 1. The van der Waals surface area contributed by atoms with Crippen LogP contribution < -0.4 is 16.6 Å². The number of nitrogens with one attached hydrogen (secondary N) is 4. The van der Waals surface area contributed by atoms with E-state index < -0.39 is 17.2 Å². The smallest absolute Gasteiger partial charge is 0.326 e. The number of aromatic amines is 3. The Morgan fingerprint density at radius 3 is 2.78 bits per heavy atom. The van der Waals surface area contributed by atoms with E-state index in [1.54, 1.807) is 19.3 Å². The molecule has 0 saturated carbocycles. The van der Waals surface area contributed by atoms with Gasteiger partial charge in [-0.1, -0.05) is 0 Å². The van der Waals surface area contributed by atoms with E-state index in [-0.39, 0.29) is 11.7 Å². The van der Waals surface area contributed by atoms with Gasteiger partial charge in [0.25, 0.3) is 11.5 Å². The second-order valence-electron chi connectivity index (χ2n) is 3.67. The fraction of sp³-hybridized carbons (Fsp3) is 0.200. The number of amides is 1. The molecule has 1 unspecified atom stereocenters. The van der Waals surface area contributed by atoms with Crippen LogP contribution in [0.25, 0.3) is 0 Å². The van der Waals surface area contributed by atoms with Crippen molar-refractivity contribution in [3.05, 3.63) is 50.8 Å². The van der Waals surface area contributed by atoms with Crippen LogP contribution in [0.2, 0.25) is 0 Å². The SMILES string of the molecule is CC(NC(=O)c1cc(=O)[nH]c(=O)[nH]1)c1ncc[nH]1. The molecule has 2 rings (SSSR count). The first-order valence-corrected chi connectivity index (χ1v) is 5.20. The van der Waals surface area contributed by atoms with E-state index in [0.717, 1.165) is 6.07 Å². The summed E-state index contributed by atoms with van der Waals surface area (Å²) in [5.74, 6) is 0.0256. The quantitative estimate of drug-likeness (QED) is 0.573. The number of H-pyrrole nitrogens is 3. The van der Waals surface area contributed by atoms with E-state index in [2.05, 4.69) is 20.3 Å². The molecule has 0 aliphatic heterocycles. The van der Waals surface area contributed by atoms with Gasteiger partial charge in [-0.25, -0.2) is 9.78 Å². The molecule has 2 aromatic heterocycles. The molecular formula is C10H11N5O3. The normalized spacial score (nSPS) is 12.1. The van der Waals surface area contributed by atoms with Crippen LogP contribution >= 0.6 is 0 Å². The molecule has 0 fully saturated rings. The highest BCUT2D eigenvalue weighted by Crippen LogP contribution is 2.05. The molecule has 4 N–H and O–H groups in total. The Morgan fingerprint density at radius 2 is 2.17 bits per heavy atom. The third-order valence-corrected chi connectivity index (χ3v) is 2.28. The van der Waals surface area contributed by atoms with E-state index in [4.69, 9.17) is 0 Å². The summed E-state index contributed by atoms with van der Waals surface area (Å²) in [6, 6.07) is 0.654. The van der Waals surface area contributed by atoms with Crippen molar-refractivity contribution < 1.29 is 4.79 Å². The molecule has 8 nitrogen and oxygen atoms in total. The molecule has 0 aromatic carbocycles. The first kappa shape index (κ1) is 11.8. The molecule has 0 spiro atoms. The maximum Gasteiger partial charge on any atom is 0.326 e. The zero-order chi connectivity index (χ0) is 13.1. The molecule has 2 heterocycles. The summed E-state index contributed by atoms with van der Waals surface area (Å²) < 4.78 is 0. The van der Waals surface area contributed by atoms with Crippen molar-refractivity contribution >= 4 is 5.91 Å². The molecule has 0 aliphatic rings. The van der Waals surface area contributed by atoms with Crippen molar-refractivity contribution in [3.63, 3.8) is 0 Å². The van der Waals surface area contributed by atoms with Crippen LogP contribution in [0.1, 0.15) is 29.3 Å². The molecule has 0 bridgehead atoms. The van der Waals surface area contributed by atoms with Crippen LogP contribution in [0, 0.1) is 0 Å². The monoisotopic (exact) mass is 249 g/mol. The predicted octanol–water partition coefficient (Wildman–Crippen LogP) is -0.723. The second kappa shape index (κ2) is 4.70. The molecule has 1 atom stereocenters. The average Bonchev–Trinajstić information content (AvgIpc) is 2.80. The van der Waals surface area contributed by atoms with Gasteiger partial charge in [0, 0.05) is 18.5 Å². The number of aromatic nitrogens is 4. The summed E-state index contributed by atoms with van der Waals surface area (Å²) >= 11 is 0. The minimum Gasteiger partial charge on any atom is -0.347 e. The number of carbonyl (C=O) groups is 1. The van der Waals surface area contributed by atoms with Crippen LogP contribution in [0.5, 0.6) is 0 Å². The third-order valence-electron chi connectivity index (χ3n) is 2.28. The summed E-state index contributed by atoms with van der Waals surface area (Å²) in [5, 5.41) is 2.60. The fourth-order valence-corrected chi connectivity index (χ4v) is 1.45. The number of hydrogen-bond acceptors (Lipinski definition) is 4. The van der Waals surface area contributed by atoms with Crippen molar-refractivity contribution in [2.24, 2.45) is 0 Å². The first-order chi connectivity index (χ1) is 8.56. The van der Waals surface area contributed by atoms with Gasteiger partial charge in [0.05, 0.1) is 6.04 Å². The van der Waals surface area contributed by atoms with Crippen LogP contribution in [0.3, 0.4) is 0 Å². The second-order valence-corrected chi connectivity index (χ2v) is 3.67. The third kappa shape index (κ3) is 2.54. The molecular weight excluding hydrogens is 238 g/mol. The van der Waals surface area contributed by atoms with Gasteiger partial charge in [0.2, 0.25) is 0 Å². The number of imidazole rings is 1. The lowest BCUT2D eigenvalue weighted by Crippen LogP contribution is -2.32. The van der Waals surface area contributed by atoms with Gasteiger partial charge in [-0.05, 0) is 6.92 Å². The Bertz CT molecular complexity index is 626. The maximum atomic E-state index is 11.8. The highest BCUT2D eigenvalue weighted by Gasteiger charge is 2.14. The van der Waals surface area contributed by atoms with Crippen molar-refractivity contribution in [1.29, 1.82) is 0 Å². The molecule has 0 radical (unpaired) electrons. The van der Waals surface area contributed by atoms with Gasteiger partial charge in [-0.3, -0.25) is 14.6 Å². The highest BCUT2D eigenvalue weighted by atomic mass is 16.2. The maximum absolute atomic E-state index is 11.8.